The minimum Gasteiger partial charge on any atom is -0.487 e. The van der Waals surface area contributed by atoms with Crippen molar-refractivity contribution < 1.29 is 26.3 Å². The van der Waals surface area contributed by atoms with Gasteiger partial charge in [0.2, 0.25) is 0 Å². The molecule has 3 N–H and O–H groups in total. The number of anilines is 2. The first-order valence-corrected chi connectivity index (χ1v) is 16.0. The molecule has 1 fully saturated rings. The zero-order valence-electron chi connectivity index (χ0n) is 25.4. The molecule has 11 nitrogen and oxygen atoms in total. The predicted octanol–water partition coefficient (Wildman–Crippen LogP) is 5.11. The number of alkyl halides is 2. The zero-order chi connectivity index (χ0) is 32.8. The third kappa shape index (κ3) is 6.37. The highest BCUT2D eigenvalue weighted by molar-refractivity contribution is 7.93. The van der Waals surface area contributed by atoms with Crippen LogP contribution in [0.1, 0.15) is 19.4 Å². The van der Waals surface area contributed by atoms with Gasteiger partial charge in [-0.25, -0.2) is 17.8 Å². The lowest BCUT2D eigenvalue weighted by Gasteiger charge is -2.45. The van der Waals surface area contributed by atoms with E-state index in [0.29, 0.717) is 33.1 Å². The highest BCUT2D eigenvalue weighted by Crippen LogP contribution is 2.39. The van der Waals surface area contributed by atoms with Gasteiger partial charge in [0, 0.05) is 55.8 Å². The summed E-state index contributed by atoms with van der Waals surface area (Å²) in [6, 6.07) is 9.81. The smallest absolute Gasteiger partial charge is 0.355 e. The molecular formula is C31H33F3N8O3S. The Kier molecular flexibility index (Phi) is 8.14. The molecule has 0 radical (unpaired) electrons. The second-order valence-electron chi connectivity index (χ2n) is 12.2. The van der Waals surface area contributed by atoms with Gasteiger partial charge < -0.3 is 15.4 Å². The molecule has 1 saturated heterocycles. The number of benzene rings is 2. The maximum Gasteiger partial charge on any atom is 0.355 e. The summed E-state index contributed by atoms with van der Waals surface area (Å²) in [5, 5.41) is 9.81. The van der Waals surface area contributed by atoms with Crippen LogP contribution in [-0.4, -0.2) is 63.3 Å². The van der Waals surface area contributed by atoms with E-state index in [1.165, 1.54) is 42.5 Å². The number of pyridine rings is 1. The third-order valence-electron chi connectivity index (χ3n) is 7.83. The number of ether oxygens (including phenoxy) is 1. The summed E-state index contributed by atoms with van der Waals surface area (Å²) in [5.41, 5.74) is 10.3. The van der Waals surface area contributed by atoms with Crippen LogP contribution in [-0.2, 0) is 30.2 Å². The first-order valence-electron chi connectivity index (χ1n) is 14.5. The van der Waals surface area contributed by atoms with Crippen LogP contribution in [0, 0.1) is 11.2 Å². The summed E-state index contributed by atoms with van der Waals surface area (Å²) in [7, 11) is -3.23. The lowest BCUT2D eigenvalue weighted by atomic mass is 9.84. The average molecular weight is 655 g/mol. The molecule has 0 aliphatic carbocycles. The van der Waals surface area contributed by atoms with Crippen LogP contribution in [0.5, 0.6) is 5.75 Å². The number of nitrogen functional groups attached to an aromatic ring is 1. The maximum absolute atomic E-state index is 13.4. The van der Waals surface area contributed by atoms with E-state index in [1.807, 2.05) is 15.6 Å². The number of rotatable bonds is 11. The molecule has 15 heteroatoms. The fourth-order valence-corrected chi connectivity index (χ4v) is 6.32. The predicted molar refractivity (Wildman–Crippen MR) is 169 cm³/mol. The Morgan fingerprint density at radius 1 is 1.07 bits per heavy atom. The monoisotopic (exact) mass is 654 g/mol. The quantitative estimate of drug-likeness (QED) is 0.201. The molecule has 3 aromatic heterocycles. The van der Waals surface area contributed by atoms with Crippen LogP contribution < -0.4 is 15.2 Å². The van der Waals surface area contributed by atoms with E-state index in [1.54, 1.807) is 24.1 Å². The van der Waals surface area contributed by atoms with Crippen LogP contribution >= 0.6 is 0 Å². The number of nitrogens with zero attached hydrogens (tertiary/aromatic N) is 6. The fourth-order valence-electron chi connectivity index (χ4n) is 5.75. The van der Waals surface area contributed by atoms with Gasteiger partial charge in [0.05, 0.1) is 29.3 Å². The first-order chi connectivity index (χ1) is 21.8. The van der Waals surface area contributed by atoms with E-state index >= 15 is 0 Å². The summed E-state index contributed by atoms with van der Waals surface area (Å²) in [6.45, 7) is 8.15. The number of aryl methyl sites for hydroxylation is 1. The highest BCUT2D eigenvalue weighted by atomic mass is 32.2. The molecule has 0 atom stereocenters. The van der Waals surface area contributed by atoms with Crippen LogP contribution in [0.15, 0.2) is 61.1 Å². The van der Waals surface area contributed by atoms with Crippen molar-refractivity contribution in [1.29, 1.82) is 0 Å². The molecule has 1 aliphatic rings. The molecule has 46 heavy (non-hydrogen) atoms. The van der Waals surface area contributed by atoms with E-state index in [2.05, 4.69) is 28.8 Å². The number of aromatic nitrogens is 5. The van der Waals surface area contributed by atoms with Gasteiger partial charge >= 0.3 is 5.76 Å². The van der Waals surface area contributed by atoms with Crippen molar-refractivity contribution in [3.63, 3.8) is 0 Å². The lowest BCUT2D eigenvalue weighted by Crippen LogP contribution is -2.53. The van der Waals surface area contributed by atoms with Crippen molar-refractivity contribution >= 4 is 32.4 Å². The van der Waals surface area contributed by atoms with Crippen LogP contribution in [0.2, 0.25) is 0 Å². The van der Waals surface area contributed by atoms with Gasteiger partial charge in [-0.15, -0.1) is 0 Å². The lowest BCUT2D eigenvalue weighted by molar-refractivity contribution is 0.0278. The number of hydrogen-bond acceptors (Lipinski definition) is 8. The second kappa shape index (κ2) is 11.9. The van der Waals surface area contributed by atoms with Crippen molar-refractivity contribution in [1.82, 2.24) is 29.4 Å². The number of nitrogens with two attached hydrogens (primary N) is 1. The summed E-state index contributed by atoms with van der Waals surface area (Å²) >= 11 is 0. The Balaban J connectivity index is 1.34. The molecule has 0 unspecified atom stereocenters. The number of nitrogens with one attached hydrogen (secondary N) is 1. The first kappa shape index (κ1) is 31.4. The molecular weight excluding hydrogens is 621 g/mol. The van der Waals surface area contributed by atoms with E-state index in [4.69, 9.17) is 15.6 Å². The van der Waals surface area contributed by atoms with E-state index in [9.17, 15) is 21.6 Å². The maximum atomic E-state index is 13.4. The van der Waals surface area contributed by atoms with Crippen molar-refractivity contribution in [3.05, 3.63) is 72.4 Å². The van der Waals surface area contributed by atoms with Crippen molar-refractivity contribution in [3.8, 4) is 28.1 Å². The minimum atomic E-state index is -5.00. The molecule has 0 spiro atoms. The number of fused-ring (bicyclic) bond motifs is 1. The van der Waals surface area contributed by atoms with E-state index in [-0.39, 0.29) is 23.9 Å². The standard InChI is InChI=1S/C31H33F3N8O3S/c1-31(2)17-41(18-31)10-11-42-15-21(13-37-42)23-14-36-29(35)26-27(38-40(3)28(23)26)20-6-9-24(39-46(43,44)30(33)34)25(12-20)45-16-19-4-7-22(32)8-5-19/h4-9,12-15,30,39H,10-11,16-18H2,1-3H3,(H2,35,36). The van der Waals surface area contributed by atoms with Gasteiger partial charge in [-0.05, 0) is 35.2 Å². The molecule has 0 bridgehead atoms. The summed E-state index contributed by atoms with van der Waals surface area (Å²) in [6.07, 6.45) is 5.39. The largest absolute Gasteiger partial charge is 0.487 e. The minimum absolute atomic E-state index is 0.0422. The Morgan fingerprint density at radius 2 is 1.80 bits per heavy atom. The molecule has 4 heterocycles. The van der Waals surface area contributed by atoms with Gasteiger partial charge in [0.15, 0.2) is 0 Å². The van der Waals surface area contributed by atoms with Crippen LogP contribution in [0.25, 0.3) is 33.3 Å². The van der Waals surface area contributed by atoms with Gasteiger partial charge in [0.1, 0.15) is 29.7 Å². The van der Waals surface area contributed by atoms with Crippen LogP contribution in [0.3, 0.4) is 0 Å². The second-order valence-corrected chi connectivity index (χ2v) is 13.8. The van der Waals surface area contributed by atoms with Gasteiger partial charge in [-0.2, -0.15) is 19.0 Å². The number of sulfonamides is 1. The Bertz CT molecular complexity index is 2000. The molecule has 1 aliphatic heterocycles. The molecule has 5 aromatic rings. The molecule has 242 valence electrons. The van der Waals surface area contributed by atoms with E-state index < -0.39 is 21.6 Å². The molecule has 0 amide bonds. The van der Waals surface area contributed by atoms with Crippen molar-refractivity contribution in [2.45, 2.75) is 32.8 Å². The number of halogens is 3. The fraction of sp³-hybridized carbons (Fsp3) is 0.323. The summed E-state index contributed by atoms with van der Waals surface area (Å²) in [4.78, 5) is 6.83. The van der Waals surface area contributed by atoms with Gasteiger partial charge in [0.25, 0.3) is 10.0 Å². The third-order valence-corrected chi connectivity index (χ3v) is 8.81. The van der Waals surface area contributed by atoms with Crippen molar-refractivity contribution in [2.75, 3.05) is 30.1 Å². The Morgan fingerprint density at radius 3 is 2.50 bits per heavy atom. The molecule has 0 saturated carbocycles. The molecule has 2 aromatic carbocycles. The summed E-state index contributed by atoms with van der Waals surface area (Å²) < 4.78 is 75.2. The Labute approximate surface area is 263 Å². The highest BCUT2D eigenvalue weighted by Gasteiger charge is 2.33. The average Bonchev–Trinajstić information content (AvgIpc) is 3.60. The summed E-state index contributed by atoms with van der Waals surface area (Å²) in [5.74, 6) is -3.93. The Hall–Kier alpha value is -4.63. The number of likely N-dealkylation sites (tertiary alicyclic amines) is 1. The van der Waals surface area contributed by atoms with E-state index in [0.717, 1.165) is 37.3 Å². The number of hydrogen-bond donors (Lipinski definition) is 2. The van der Waals surface area contributed by atoms with Crippen LogP contribution in [0.4, 0.5) is 24.7 Å². The SMILES string of the molecule is Cn1nc(-c2ccc(NS(=O)(=O)C(F)F)c(OCc3ccc(F)cc3)c2)c2c(N)ncc(-c3cnn(CCN4CC(C)(C)C4)c3)c21. The van der Waals surface area contributed by atoms with Crippen molar-refractivity contribution in [2.24, 2.45) is 12.5 Å². The normalized spacial score (nSPS) is 14.9. The van der Waals surface area contributed by atoms with Gasteiger partial charge in [-0.3, -0.25) is 14.1 Å². The van der Waals surface area contributed by atoms with Gasteiger partial charge in [-0.1, -0.05) is 32.0 Å². The zero-order valence-corrected chi connectivity index (χ0v) is 26.2. The topological polar surface area (TPSA) is 133 Å². The molecule has 6 rings (SSSR count).